The van der Waals surface area contributed by atoms with Crippen molar-refractivity contribution in [3.05, 3.63) is 157 Å². The molecule has 0 amide bonds. The Labute approximate surface area is 242 Å². The predicted molar refractivity (Wildman–Crippen MR) is 174 cm³/mol. The highest BCUT2D eigenvalue weighted by Gasteiger charge is 2.22. The molecule has 0 N–H and O–H groups in total. The van der Waals surface area contributed by atoms with Crippen LogP contribution in [-0.4, -0.2) is 0 Å². The van der Waals surface area contributed by atoms with Crippen molar-refractivity contribution in [2.75, 3.05) is 9.80 Å². The van der Waals surface area contributed by atoms with Gasteiger partial charge in [0.05, 0.1) is 10.4 Å². The molecule has 0 saturated carbocycles. The van der Waals surface area contributed by atoms with Gasteiger partial charge in [-0.25, -0.2) is 0 Å². The van der Waals surface area contributed by atoms with Crippen LogP contribution >= 0.6 is 22.9 Å². The second-order valence-electron chi connectivity index (χ2n) is 9.60. The van der Waals surface area contributed by atoms with Gasteiger partial charge in [0, 0.05) is 48.9 Å². The van der Waals surface area contributed by atoms with Crippen LogP contribution in [0.3, 0.4) is 0 Å². The summed E-state index contributed by atoms with van der Waals surface area (Å²) >= 11 is 8.36. The van der Waals surface area contributed by atoms with Crippen molar-refractivity contribution < 1.29 is 0 Å². The molecule has 7 aromatic rings. The highest BCUT2D eigenvalue weighted by atomic mass is 35.5. The van der Waals surface area contributed by atoms with Crippen LogP contribution in [0.4, 0.5) is 34.1 Å². The van der Waals surface area contributed by atoms with Crippen LogP contribution < -0.4 is 9.80 Å². The fourth-order valence-electron chi connectivity index (χ4n) is 5.30. The first kappa shape index (κ1) is 24.5. The molecule has 40 heavy (non-hydrogen) atoms. The second kappa shape index (κ2) is 10.5. The van der Waals surface area contributed by atoms with Crippen LogP contribution in [0.25, 0.3) is 20.2 Å². The monoisotopic (exact) mass is 552 g/mol. The number of para-hydroxylation sites is 4. The Morgan fingerprint density at radius 3 is 1.40 bits per heavy atom. The molecule has 1 aromatic heterocycles. The lowest BCUT2D eigenvalue weighted by atomic mass is 10.1. The highest BCUT2D eigenvalue weighted by molar-refractivity contribution is 7.26. The Balaban J connectivity index is 1.58. The standard InChI is InChI=1S/C36H25ClN2S/c37-26-21-22-35-32(23-26)33-24-31(38(27-13-5-1-6-14-27)28-15-7-2-8-16-28)25-34(36(33)40-35)39(29-17-9-3-10-18-29)30-19-11-4-12-20-30/h1-25H. The van der Waals surface area contributed by atoms with Gasteiger partial charge >= 0.3 is 0 Å². The third-order valence-electron chi connectivity index (χ3n) is 7.05. The fourth-order valence-corrected chi connectivity index (χ4v) is 6.64. The number of hydrogen-bond acceptors (Lipinski definition) is 3. The Morgan fingerprint density at radius 2 is 0.900 bits per heavy atom. The summed E-state index contributed by atoms with van der Waals surface area (Å²) < 4.78 is 2.43. The average Bonchev–Trinajstić information content (AvgIpc) is 3.38. The molecule has 2 nitrogen and oxygen atoms in total. The van der Waals surface area contributed by atoms with E-state index in [0.717, 1.165) is 44.5 Å². The number of halogens is 1. The van der Waals surface area contributed by atoms with Gasteiger partial charge in [-0.15, -0.1) is 11.3 Å². The molecule has 4 heteroatoms. The van der Waals surface area contributed by atoms with E-state index in [2.05, 4.69) is 155 Å². The summed E-state index contributed by atoms with van der Waals surface area (Å²) in [5.74, 6) is 0. The number of benzene rings is 6. The van der Waals surface area contributed by atoms with Gasteiger partial charge < -0.3 is 9.80 Å². The number of anilines is 6. The average molecular weight is 553 g/mol. The van der Waals surface area contributed by atoms with Crippen LogP contribution in [0, 0.1) is 0 Å². The van der Waals surface area contributed by atoms with Crippen LogP contribution in [0.15, 0.2) is 152 Å². The van der Waals surface area contributed by atoms with E-state index in [1.54, 1.807) is 0 Å². The summed E-state index contributed by atoms with van der Waals surface area (Å²) in [4.78, 5) is 4.68. The molecular formula is C36H25ClN2S. The molecule has 0 aliphatic rings. The molecule has 0 saturated heterocycles. The summed E-state index contributed by atoms with van der Waals surface area (Å²) in [7, 11) is 0. The zero-order valence-corrected chi connectivity index (χ0v) is 23.2. The summed E-state index contributed by atoms with van der Waals surface area (Å²) in [6.45, 7) is 0. The highest BCUT2D eigenvalue weighted by Crippen LogP contribution is 2.49. The second-order valence-corrected chi connectivity index (χ2v) is 11.1. The van der Waals surface area contributed by atoms with E-state index < -0.39 is 0 Å². The van der Waals surface area contributed by atoms with Gasteiger partial charge in [-0.3, -0.25) is 0 Å². The lowest BCUT2D eigenvalue weighted by Gasteiger charge is -2.30. The Kier molecular flexibility index (Phi) is 6.45. The third kappa shape index (κ3) is 4.50. The van der Waals surface area contributed by atoms with E-state index in [1.165, 1.54) is 14.8 Å². The first-order valence-corrected chi connectivity index (χ1v) is 14.4. The van der Waals surface area contributed by atoms with Gasteiger partial charge in [-0.1, -0.05) is 84.4 Å². The van der Waals surface area contributed by atoms with E-state index in [9.17, 15) is 0 Å². The lowest BCUT2D eigenvalue weighted by molar-refractivity contribution is 1.26. The molecule has 7 rings (SSSR count). The predicted octanol–water partition coefficient (Wildman–Crippen LogP) is 11.6. The van der Waals surface area contributed by atoms with Crippen molar-refractivity contribution in [3.8, 4) is 0 Å². The number of hydrogen-bond donors (Lipinski definition) is 0. The molecule has 6 aromatic carbocycles. The molecule has 0 fully saturated rings. The van der Waals surface area contributed by atoms with Crippen LogP contribution in [-0.2, 0) is 0 Å². The molecule has 1 heterocycles. The molecular weight excluding hydrogens is 528 g/mol. The topological polar surface area (TPSA) is 6.48 Å². The normalized spacial score (nSPS) is 11.1. The molecule has 0 bridgehead atoms. The third-order valence-corrected chi connectivity index (χ3v) is 8.50. The summed E-state index contributed by atoms with van der Waals surface area (Å²) in [6, 6.07) is 53.1. The first-order chi connectivity index (χ1) is 19.8. The van der Waals surface area contributed by atoms with E-state index in [0.29, 0.717) is 0 Å². The summed E-state index contributed by atoms with van der Waals surface area (Å²) in [5.41, 5.74) is 6.61. The van der Waals surface area contributed by atoms with Gasteiger partial charge in [-0.2, -0.15) is 0 Å². The van der Waals surface area contributed by atoms with Crippen molar-refractivity contribution in [3.63, 3.8) is 0 Å². The van der Waals surface area contributed by atoms with Crippen molar-refractivity contribution in [2.24, 2.45) is 0 Å². The van der Waals surface area contributed by atoms with Crippen LogP contribution in [0.1, 0.15) is 0 Å². The van der Waals surface area contributed by atoms with Crippen molar-refractivity contribution in [1.29, 1.82) is 0 Å². The maximum Gasteiger partial charge on any atom is 0.0661 e. The fraction of sp³-hybridized carbons (Fsp3) is 0. The summed E-state index contributed by atoms with van der Waals surface area (Å²) in [5, 5.41) is 3.09. The number of fused-ring (bicyclic) bond motifs is 3. The van der Waals surface area contributed by atoms with Crippen molar-refractivity contribution >= 4 is 77.2 Å². The maximum atomic E-state index is 6.55. The minimum Gasteiger partial charge on any atom is -0.310 e. The molecule has 0 aliphatic heterocycles. The van der Waals surface area contributed by atoms with E-state index >= 15 is 0 Å². The van der Waals surface area contributed by atoms with Gasteiger partial charge in [0.15, 0.2) is 0 Å². The lowest BCUT2D eigenvalue weighted by Crippen LogP contribution is -2.13. The number of nitrogens with zero attached hydrogens (tertiary/aromatic N) is 2. The minimum atomic E-state index is 0.741. The van der Waals surface area contributed by atoms with Gasteiger partial charge in [0.25, 0.3) is 0 Å². The first-order valence-electron chi connectivity index (χ1n) is 13.2. The molecule has 0 spiro atoms. The van der Waals surface area contributed by atoms with Gasteiger partial charge in [0.1, 0.15) is 0 Å². The molecule has 0 unspecified atom stereocenters. The van der Waals surface area contributed by atoms with E-state index in [4.69, 9.17) is 11.6 Å². The Morgan fingerprint density at radius 1 is 0.425 bits per heavy atom. The summed E-state index contributed by atoms with van der Waals surface area (Å²) in [6.07, 6.45) is 0. The number of thiophene rings is 1. The van der Waals surface area contributed by atoms with Crippen LogP contribution in [0.5, 0.6) is 0 Å². The zero-order chi connectivity index (χ0) is 26.9. The van der Waals surface area contributed by atoms with Gasteiger partial charge in [0.2, 0.25) is 0 Å². The quantitative estimate of drug-likeness (QED) is 0.202. The van der Waals surface area contributed by atoms with E-state index in [-0.39, 0.29) is 0 Å². The van der Waals surface area contributed by atoms with Crippen molar-refractivity contribution in [2.45, 2.75) is 0 Å². The maximum absolute atomic E-state index is 6.55. The molecule has 0 atom stereocenters. The number of rotatable bonds is 6. The van der Waals surface area contributed by atoms with Crippen molar-refractivity contribution in [1.82, 2.24) is 0 Å². The zero-order valence-electron chi connectivity index (χ0n) is 21.6. The smallest absolute Gasteiger partial charge is 0.0661 e. The Bertz CT molecular complexity index is 1820. The largest absolute Gasteiger partial charge is 0.310 e. The molecule has 0 aliphatic carbocycles. The Hall–Kier alpha value is -4.57. The van der Waals surface area contributed by atoms with E-state index in [1.807, 2.05) is 17.4 Å². The molecule has 0 radical (unpaired) electrons. The van der Waals surface area contributed by atoms with Crippen LogP contribution in [0.2, 0.25) is 5.02 Å². The van der Waals surface area contributed by atoms with Gasteiger partial charge in [-0.05, 0) is 78.9 Å². The molecule has 192 valence electrons. The SMILES string of the molecule is Clc1ccc2sc3c(N(c4ccccc4)c4ccccc4)cc(N(c4ccccc4)c4ccccc4)cc3c2c1. The minimum absolute atomic E-state index is 0.741.